The van der Waals surface area contributed by atoms with Crippen molar-refractivity contribution in [3.05, 3.63) is 58.5 Å². The zero-order chi connectivity index (χ0) is 19.9. The predicted octanol–water partition coefficient (Wildman–Crippen LogP) is 1.72. The minimum absolute atomic E-state index is 0.0248. The molecule has 0 aliphatic carbocycles. The number of thiophene rings is 1. The Bertz CT molecular complexity index is 962. The first kappa shape index (κ1) is 19.8. The number of benzene rings is 1. The first-order valence-electron chi connectivity index (χ1n) is 8.36. The van der Waals surface area contributed by atoms with E-state index in [1.165, 1.54) is 15.6 Å². The van der Waals surface area contributed by atoms with Gasteiger partial charge in [0, 0.05) is 5.38 Å². The molecule has 2 heterocycles. The van der Waals surface area contributed by atoms with Crippen LogP contribution in [0.3, 0.4) is 0 Å². The summed E-state index contributed by atoms with van der Waals surface area (Å²) in [4.78, 5) is 15.2. The van der Waals surface area contributed by atoms with Gasteiger partial charge >= 0.3 is 0 Å². The minimum atomic E-state index is -2.77. The smallest absolute Gasteiger partial charge is 0.239 e. The Morgan fingerprint density at radius 2 is 2.11 bits per heavy atom. The predicted molar refractivity (Wildman–Crippen MR) is 106 cm³/mol. The molecule has 3 aromatic rings. The first-order chi connectivity index (χ1) is 13.6. The third-order valence-corrected chi connectivity index (χ3v) is 5.44. The molecule has 9 nitrogen and oxygen atoms in total. The van der Waals surface area contributed by atoms with Crippen molar-refractivity contribution in [2.45, 2.75) is 25.9 Å². The Labute approximate surface area is 167 Å². The normalized spacial score (nSPS) is 11.9. The highest BCUT2D eigenvalue weighted by molar-refractivity contribution is 7.74. The lowest BCUT2D eigenvalue weighted by Gasteiger charge is -2.14. The van der Waals surface area contributed by atoms with Crippen LogP contribution in [0.4, 0.5) is 5.69 Å². The van der Waals surface area contributed by atoms with Gasteiger partial charge in [-0.15, -0.1) is 5.10 Å². The summed E-state index contributed by atoms with van der Waals surface area (Å²) in [5.41, 5.74) is 4.39. The molecule has 1 N–H and O–H groups in total. The number of aromatic nitrogens is 3. The Balaban J connectivity index is 1.63. The molecule has 1 atom stereocenters. The molecular weight excluding hydrogens is 402 g/mol. The van der Waals surface area contributed by atoms with Crippen molar-refractivity contribution >= 4 is 34.3 Å². The minimum Gasteiger partial charge on any atom is -0.380 e. The SMILES string of the molecule is C[C@@H](Cc1ccc(ONC=O)cc1)n1cc(CN(c2ccsc2)[SH](=O)=O)nn1. The van der Waals surface area contributed by atoms with Crippen LogP contribution in [0, 0.1) is 0 Å². The number of nitrogens with one attached hydrogen (secondary N) is 1. The maximum atomic E-state index is 11.6. The number of nitrogens with zero attached hydrogens (tertiary/aromatic N) is 4. The van der Waals surface area contributed by atoms with E-state index in [0.717, 1.165) is 5.56 Å². The van der Waals surface area contributed by atoms with E-state index in [1.807, 2.05) is 24.4 Å². The third-order valence-electron chi connectivity index (χ3n) is 4.00. The molecule has 1 amide bonds. The fraction of sp³-hybridized carbons (Fsp3) is 0.235. The molecule has 0 bridgehead atoms. The van der Waals surface area contributed by atoms with Crippen LogP contribution in [0.5, 0.6) is 5.75 Å². The van der Waals surface area contributed by atoms with E-state index in [-0.39, 0.29) is 12.6 Å². The number of carbonyl (C=O) groups excluding carboxylic acids is 1. The van der Waals surface area contributed by atoms with Gasteiger partial charge in [-0.25, -0.2) is 13.1 Å². The Morgan fingerprint density at radius 3 is 2.75 bits per heavy atom. The van der Waals surface area contributed by atoms with E-state index in [0.29, 0.717) is 30.0 Å². The molecule has 0 spiro atoms. The van der Waals surface area contributed by atoms with Crippen LogP contribution in [-0.4, -0.2) is 29.8 Å². The summed E-state index contributed by atoms with van der Waals surface area (Å²) in [7, 11) is -2.77. The molecule has 0 unspecified atom stereocenters. The van der Waals surface area contributed by atoms with E-state index < -0.39 is 10.9 Å². The molecule has 1 aromatic carbocycles. The van der Waals surface area contributed by atoms with Crippen LogP contribution in [0.25, 0.3) is 0 Å². The second-order valence-corrected chi connectivity index (χ2v) is 7.74. The number of anilines is 1. The standard InChI is InChI=1S/C17H19N5O4S2/c1-13(8-14-2-4-17(5-3-14)26-18-12-23)21-9-15(19-20-21)10-22(28(24)25)16-6-7-27-11-16/h2-7,9,11-13,28H,8,10H2,1H3,(H,18,23)/t13-/m0/s1. The molecule has 0 aliphatic heterocycles. The van der Waals surface area contributed by atoms with Gasteiger partial charge in [-0.1, -0.05) is 17.3 Å². The average Bonchev–Trinajstić information content (AvgIpc) is 3.37. The second-order valence-electron chi connectivity index (χ2n) is 6.00. The van der Waals surface area contributed by atoms with Crippen LogP contribution >= 0.6 is 11.3 Å². The number of carbonyl (C=O) groups is 1. The van der Waals surface area contributed by atoms with Crippen molar-refractivity contribution in [2.24, 2.45) is 0 Å². The van der Waals surface area contributed by atoms with Crippen molar-refractivity contribution < 1.29 is 18.0 Å². The van der Waals surface area contributed by atoms with E-state index >= 15 is 0 Å². The summed E-state index contributed by atoms with van der Waals surface area (Å²) in [5.74, 6) is 0.534. The highest BCUT2D eigenvalue weighted by Gasteiger charge is 2.15. The highest BCUT2D eigenvalue weighted by Crippen LogP contribution is 2.21. The Kier molecular flexibility index (Phi) is 6.61. The largest absolute Gasteiger partial charge is 0.380 e. The van der Waals surface area contributed by atoms with E-state index in [2.05, 4.69) is 15.8 Å². The quantitative estimate of drug-likeness (QED) is 0.293. The number of rotatable bonds is 10. The van der Waals surface area contributed by atoms with Gasteiger partial charge < -0.3 is 4.84 Å². The van der Waals surface area contributed by atoms with E-state index in [4.69, 9.17) is 4.84 Å². The summed E-state index contributed by atoms with van der Waals surface area (Å²) in [6.45, 7) is 2.14. The number of amides is 1. The van der Waals surface area contributed by atoms with Crippen molar-refractivity contribution in [3.8, 4) is 5.75 Å². The van der Waals surface area contributed by atoms with Gasteiger partial charge in [-0.2, -0.15) is 16.8 Å². The molecule has 0 fully saturated rings. The van der Waals surface area contributed by atoms with Crippen molar-refractivity contribution in [1.82, 2.24) is 20.5 Å². The molecular formula is C17H19N5O4S2. The molecule has 2 aromatic heterocycles. The molecule has 0 saturated carbocycles. The molecule has 0 aliphatic rings. The Hall–Kier alpha value is -2.92. The van der Waals surface area contributed by atoms with Crippen LogP contribution in [0.1, 0.15) is 24.2 Å². The number of hydroxylamine groups is 1. The van der Waals surface area contributed by atoms with Gasteiger partial charge in [0.2, 0.25) is 17.3 Å². The molecule has 0 saturated heterocycles. The molecule has 11 heteroatoms. The van der Waals surface area contributed by atoms with Gasteiger partial charge in [-0.05, 0) is 42.5 Å². The summed E-state index contributed by atoms with van der Waals surface area (Å²) in [6.07, 6.45) is 2.92. The maximum Gasteiger partial charge on any atom is 0.239 e. The van der Waals surface area contributed by atoms with Gasteiger partial charge in [0.05, 0.1) is 24.5 Å². The monoisotopic (exact) mass is 421 g/mol. The van der Waals surface area contributed by atoms with Crippen molar-refractivity contribution in [1.29, 1.82) is 0 Å². The highest BCUT2D eigenvalue weighted by atomic mass is 32.2. The lowest BCUT2D eigenvalue weighted by molar-refractivity contribution is -0.115. The summed E-state index contributed by atoms with van der Waals surface area (Å²) in [6, 6.07) is 9.09. The number of thiol groups is 1. The fourth-order valence-corrected chi connectivity index (χ4v) is 3.92. The van der Waals surface area contributed by atoms with Crippen LogP contribution in [0.2, 0.25) is 0 Å². The summed E-state index contributed by atoms with van der Waals surface area (Å²) in [5, 5.41) is 11.8. The second kappa shape index (κ2) is 9.33. The molecule has 0 radical (unpaired) electrons. The van der Waals surface area contributed by atoms with Gasteiger partial charge in [0.1, 0.15) is 5.69 Å². The number of hydrogen-bond donors (Lipinski definition) is 2. The zero-order valence-electron chi connectivity index (χ0n) is 15.0. The number of hydrogen-bond acceptors (Lipinski definition) is 7. The average molecular weight is 422 g/mol. The topological polar surface area (TPSA) is 106 Å². The summed E-state index contributed by atoms with van der Waals surface area (Å²) >= 11 is 1.43. The van der Waals surface area contributed by atoms with Crippen LogP contribution < -0.4 is 14.6 Å². The zero-order valence-corrected chi connectivity index (χ0v) is 16.7. The third kappa shape index (κ3) is 5.08. The first-order valence-corrected chi connectivity index (χ1v) is 10.4. The Morgan fingerprint density at radius 1 is 1.32 bits per heavy atom. The fourth-order valence-electron chi connectivity index (χ4n) is 2.62. The lowest BCUT2D eigenvalue weighted by atomic mass is 10.1. The summed E-state index contributed by atoms with van der Waals surface area (Å²) < 4.78 is 26.1. The van der Waals surface area contributed by atoms with E-state index in [9.17, 15) is 13.2 Å². The van der Waals surface area contributed by atoms with Gasteiger partial charge in [0.25, 0.3) is 0 Å². The van der Waals surface area contributed by atoms with E-state index in [1.54, 1.807) is 34.5 Å². The van der Waals surface area contributed by atoms with Gasteiger partial charge in [0.15, 0.2) is 5.75 Å². The molecule has 148 valence electrons. The maximum absolute atomic E-state index is 11.6. The molecule has 28 heavy (non-hydrogen) atoms. The van der Waals surface area contributed by atoms with Crippen molar-refractivity contribution in [3.63, 3.8) is 0 Å². The molecule has 3 rings (SSSR count). The van der Waals surface area contributed by atoms with Crippen molar-refractivity contribution in [2.75, 3.05) is 4.31 Å². The van der Waals surface area contributed by atoms with Gasteiger partial charge in [-0.3, -0.25) is 9.10 Å². The van der Waals surface area contributed by atoms with Crippen LogP contribution in [0.15, 0.2) is 47.3 Å². The lowest BCUT2D eigenvalue weighted by Crippen LogP contribution is -2.20. The van der Waals surface area contributed by atoms with Crippen LogP contribution in [-0.2, 0) is 28.7 Å².